The monoisotopic (exact) mass is 161 g/mol. The Morgan fingerprint density at radius 3 is 3.00 bits per heavy atom. The van der Waals surface area contributed by atoms with Crippen LogP contribution in [0.25, 0.3) is 11.0 Å². The minimum Gasteiger partial charge on any atom is -0.386 e. The zero-order chi connectivity index (χ0) is 8.55. The van der Waals surface area contributed by atoms with E-state index >= 15 is 0 Å². The van der Waals surface area contributed by atoms with E-state index in [1.54, 1.807) is 6.33 Å². The molecular formula is C9H11N3. The summed E-state index contributed by atoms with van der Waals surface area (Å²) in [4.78, 5) is 7.30. The van der Waals surface area contributed by atoms with Gasteiger partial charge in [-0.05, 0) is 18.6 Å². The van der Waals surface area contributed by atoms with Crippen LogP contribution in [-0.2, 0) is 0 Å². The van der Waals surface area contributed by atoms with Crippen LogP contribution in [0.2, 0.25) is 0 Å². The number of rotatable bonds is 1. The Hall–Kier alpha value is -1.51. The van der Waals surface area contributed by atoms with Crippen LogP contribution in [0.3, 0.4) is 0 Å². The zero-order valence-corrected chi connectivity index (χ0v) is 7.18. The number of anilines is 1. The van der Waals surface area contributed by atoms with Gasteiger partial charge in [-0.1, -0.05) is 6.07 Å². The Morgan fingerprint density at radius 2 is 2.25 bits per heavy atom. The zero-order valence-electron chi connectivity index (χ0n) is 7.18. The number of hydrogen-bond donors (Lipinski definition) is 2. The van der Waals surface area contributed by atoms with Crippen LogP contribution >= 0.6 is 0 Å². The molecular weight excluding hydrogens is 150 g/mol. The minimum atomic E-state index is 1.01. The lowest BCUT2D eigenvalue weighted by Crippen LogP contribution is -1.92. The molecule has 0 aliphatic rings. The van der Waals surface area contributed by atoms with Crippen molar-refractivity contribution in [3.05, 3.63) is 24.0 Å². The summed E-state index contributed by atoms with van der Waals surface area (Å²) in [5.74, 6) is 0. The minimum absolute atomic E-state index is 1.01. The molecule has 0 spiro atoms. The van der Waals surface area contributed by atoms with Crippen molar-refractivity contribution in [3.63, 3.8) is 0 Å². The van der Waals surface area contributed by atoms with Gasteiger partial charge in [0.25, 0.3) is 0 Å². The van der Waals surface area contributed by atoms with Crippen molar-refractivity contribution in [2.45, 2.75) is 6.92 Å². The average molecular weight is 161 g/mol. The van der Waals surface area contributed by atoms with Gasteiger partial charge >= 0.3 is 0 Å². The molecule has 2 N–H and O–H groups in total. The second-order valence-electron chi connectivity index (χ2n) is 2.81. The Kier molecular flexibility index (Phi) is 1.50. The standard InChI is InChI=1S/C9H11N3/c1-6-3-4-7-9(8(6)10-2)12-5-11-7/h3-5,10H,1-2H3,(H,11,12). The average Bonchev–Trinajstić information content (AvgIpc) is 2.52. The summed E-state index contributed by atoms with van der Waals surface area (Å²) in [6.07, 6.45) is 1.71. The number of aryl methyl sites for hydroxylation is 1. The molecule has 12 heavy (non-hydrogen) atoms. The number of imidazole rings is 1. The largest absolute Gasteiger partial charge is 0.386 e. The van der Waals surface area contributed by atoms with Crippen LogP contribution in [0.5, 0.6) is 0 Å². The third-order valence-electron chi connectivity index (χ3n) is 2.05. The SMILES string of the molecule is CNc1c(C)ccc2[nH]cnc12. The summed E-state index contributed by atoms with van der Waals surface area (Å²) in [5.41, 5.74) is 4.41. The predicted octanol–water partition coefficient (Wildman–Crippen LogP) is 1.91. The predicted molar refractivity (Wildman–Crippen MR) is 50.4 cm³/mol. The number of hydrogen-bond acceptors (Lipinski definition) is 2. The van der Waals surface area contributed by atoms with E-state index in [-0.39, 0.29) is 0 Å². The molecule has 0 atom stereocenters. The van der Waals surface area contributed by atoms with Gasteiger partial charge in [0, 0.05) is 7.05 Å². The third-order valence-corrected chi connectivity index (χ3v) is 2.05. The molecule has 2 rings (SSSR count). The molecule has 0 aliphatic heterocycles. The summed E-state index contributed by atoms with van der Waals surface area (Å²) >= 11 is 0. The molecule has 1 heterocycles. The van der Waals surface area contributed by atoms with E-state index in [1.807, 2.05) is 13.1 Å². The van der Waals surface area contributed by atoms with Gasteiger partial charge in [0.05, 0.1) is 17.5 Å². The highest BCUT2D eigenvalue weighted by Gasteiger charge is 2.03. The molecule has 0 aliphatic carbocycles. The highest BCUT2D eigenvalue weighted by molar-refractivity contribution is 5.89. The van der Waals surface area contributed by atoms with Crippen LogP contribution in [0.1, 0.15) is 5.56 Å². The van der Waals surface area contributed by atoms with Crippen LogP contribution < -0.4 is 5.32 Å². The maximum absolute atomic E-state index is 4.23. The first-order valence-electron chi connectivity index (χ1n) is 3.93. The molecule has 0 radical (unpaired) electrons. The fourth-order valence-corrected chi connectivity index (χ4v) is 1.42. The van der Waals surface area contributed by atoms with Gasteiger partial charge in [0.15, 0.2) is 0 Å². The van der Waals surface area contributed by atoms with Gasteiger partial charge in [0.1, 0.15) is 5.52 Å². The normalized spacial score (nSPS) is 10.5. The first-order valence-corrected chi connectivity index (χ1v) is 3.93. The maximum Gasteiger partial charge on any atom is 0.112 e. The molecule has 0 amide bonds. The van der Waals surface area contributed by atoms with Gasteiger partial charge < -0.3 is 10.3 Å². The third kappa shape index (κ3) is 0.863. The summed E-state index contributed by atoms with van der Waals surface area (Å²) < 4.78 is 0. The fourth-order valence-electron chi connectivity index (χ4n) is 1.42. The number of nitrogens with zero attached hydrogens (tertiary/aromatic N) is 1. The van der Waals surface area contributed by atoms with Crippen LogP contribution in [0.15, 0.2) is 18.5 Å². The van der Waals surface area contributed by atoms with E-state index < -0.39 is 0 Å². The van der Waals surface area contributed by atoms with Crippen molar-refractivity contribution in [1.82, 2.24) is 9.97 Å². The van der Waals surface area contributed by atoms with E-state index in [0.717, 1.165) is 16.7 Å². The van der Waals surface area contributed by atoms with E-state index in [1.165, 1.54) is 5.56 Å². The van der Waals surface area contributed by atoms with Gasteiger partial charge in [-0.15, -0.1) is 0 Å². The molecule has 0 unspecified atom stereocenters. The van der Waals surface area contributed by atoms with Crippen molar-refractivity contribution >= 4 is 16.7 Å². The molecule has 3 heteroatoms. The van der Waals surface area contributed by atoms with E-state index in [4.69, 9.17) is 0 Å². The number of aromatic nitrogens is 2. The van der Waals surface area contributed by atoms with Crippen molar-refractivity contribution in [1.29, 1.82) is 0 Å². The van der Waals surface area contributed by atoms with Gasteiger partial charge in [-0.3, -0.25) is 0 Å². The number of fused-ring (bicyclic) bond motifs is 1. The summed E-state index contributed by atoms with van der Waals surface area (Å²) in [6, 6.07) is 4.12. The lowest BCUT2D eigenvalue weighted by atomic mass is 10.2. The topological polar surface area (TPSA) is 40.7 Å². The molecule has 0 bridgehead atoms. The number of H-pyrrole nitrogens is 1. The Labute approximate surface area is 70.8 Å². The van der Waals surface area contributed by atoms with E-state index in [9.17, 15) is 0 Å². The molecule has 0 saturated carbocycles. The number of benzene rings is 1. The molecule has 1 aromatic heterocycles. The van der Waals surface area contributed by atoms with Crippen LogP contribution in [0.4, 0.5) is 5.69 Å². The maximum atomic E-state index is 4.23. The second-order valence-corrected chi connectivity index (χ2v) is 2.81. The lowest BCUT2D eigenvalue weighted by Gasteiger charge is -2.04. The molecule has 3 nitrogen and oxygen atoms in total. The van der Waals surface area contributed by atoms with E-state index in [2.05, 4.69) is 28.3 Å². The first-order chi connectivity index (χ1) is 5.83. The highest BCUT2D eigenvalue weighted by Crippen LogP contribution is 2.23. The Bertz CT molecular complexity index is 403. The Morgan fingerprint density at radius 1 is 1.42 bits per heavy atom. The summed E-state index contributed by atoms with van der Waals surface area (Å²) in [6.45, 7) is 2.07. The first kappa shape index (κ1) is 7.16. The number of nitrogens with one attached hydrogen (secondary N) is 2. The molecule has 1 aromatic carbocycles. The lowest BCUT2D eigenvalue weighted by molar-refractivity contribution is 1.34. The van der Waals surface area contributed by atoms with Gasteiger partial charge in [0.2, 0.25) is 0 Å². The second kappa shape index (κ2) is 2.52. The van der Waals surface area contributed by atoms with Crippen molar-refractivity contribution in [2.24, 2.45) is 0 Å². The van der Waals surface area contributed by atoms with Gasteiger partial charge in [-0.2, -0.15) is 0 Å². The van der Waals surface area contributed by atoms with Crippen LogP contribution in [0, 0.1) is 6.92 Å². The Balaban J connectivity index is 2.83. The molecule has 0 saturated heterocycles. The number of aromatic amines is 1. The molecule has 62 valence electrons. The highest BCUT2D eigenvalue weighted by atomic mass is 14.9. The quantitative estimate of drug-likeness (QED) is 0.670. The van der Waals surface area contributed by atoms with E-state index in [0.29, 0.717) is 0 Å². The smallest absolute Gasteiger partial charge is 0.112 e. The molecule has 0 fully saturated rings. The van der Waals surface area contributed by atoms with Gasteiger partial charge in [-0.25, -0.2) is 4.98 Å². The fraction of sp³-hybridized carbons (Fsp3) is 0.222. The summed E-state index contributed by atoms with van der Waals surface area (Å²) in [7, 11) is 1.91. The molecule has 2 aromatic rings. The van der Waals surface area contributed by atoms with Crippen molar-refractivity contribution in [3.8, 4) is 0 Å². The summed E-state index contributed by atoms with van der Waals surface area (Å²) in [5, 5.41) is 3.14. The van der Waals surface area contributed by atoms with Crippen LogP contribution in [-0.4, -0.2) is 17.0 Å². The van der Waals surface area contributed by atoms with Crippen molar-refractivity contribution < 1.29 is 0 Å². The van der Waals surface area contributed by atoms with Crippen molar-refractivity contribution in [2.75, 3.05) is 12.4 Å².